The van der Waals surface area contributed by atoms with E-state index >= 15 is 0 Å². The van der Waals surface area contributed by atoms with Crippen LogP contribution in [-0.4, -0.2) is 53.2 Å². The van der Waals surface area contributed by atoms with Crippen LogP contribution in [0.2, 0.25) is 0 Å². The summed E-state index contributed by atoms with van der Waals surface area (Å²) in [5.41, 5.74) is 22.0. The summed E-state index contributed by atoms with van der Waals surface area (Å²) in [5, 5.41) is 0. The van der Waals surface area contributed by atoms with Crippen molar-refractivity contribution in [2.45, 2.75) is 50.6 Å². The summed E-state index contributed by atoms with van der Waals surface area (Å²) in [5.74, 6) is -1.09. The van der Waals surface area contributed by atoms with Gasteiger partial charge in [-0.15, -0.1) is 0 Å². The van der Waals surface area contributed by atoms with Crippen LogP contribution < -0.4 is 22.9 Å². The van der Waals surface area contributed by atoms with Gasteiger partial charge in [-0.05, 0) is 0 Å². The number of rotatable bonds is 12. The SMILES string of the molecule is NCCCC[C@H](N)C(=O)[O][Ge][O]C(=O)[C@@H](N)CCCCN. The van der Waals surface area contributed by atoms with Crippen LogP contribution in [0.1, 0.15) is 38.5 Å². The molecule has 0 aliphatic rings. The van der Waals surface area contributed by atoms with Gasteiger partial charge in [0.25, 0.3) is 0 Å². The molecule has 0 aromatic rings. The Morgan fingerprint density at radius 2 is 1.19 bits per heavy atom. The van der Waals surface area contributed by atoms with Crippen LogP contribution >= 0.6 is 0 Å². The second-order valence-corrected chi connectivity index (χ2v) is 5.91. The zero-order chi connectivity index (χ0) is 16.1. The number of nitrogens with two attached hydrogens (primary N) is 4. The van der Waals surface area contributed by atoms with Crippen molar-refractivity contribution < 1.29 is 17.1 Å². The van der Waals surface area contributed by atoms with E-state index in [1.54, 1.807) is 0 Å². The van der Waals surface area contributed by atoms with E-state index in [0.717, 1.165) is 25.7 Å². The molecule has 0 saturated heterocycles. The summed E-state index contributed by atoms with van der Waals surface area (Å²) in [7, 11) is 0. The van der Waals surface area contributed by atoms with Gasteiger partial charge in [0, 0.05) is 0 Å². The van der Waals surface area contributed by atoms with Crippen LogP contribution in [0.4, 0.5) is 0 Å². The second-order valence-electron chi connectivity index (χ2n) is 4.71. The van der Waals surface area contributed by atoms with Crippen LogP contribution in [0.25, 0.3) is 0 Å². The molecule has 0 saturated carbocycles. The Morgan fingerprint density at radius 1 is 0.810 bits per heavy atom. The Hall–Kier alpha value is -0.677. The molecule has 0 rings (SSSR count). The number of carbonyl (C=O) groups excluding carboxylic acids is 2. The predicted molar refractivity (Wildman–Crippen MR) is 79.7 cm³/mol. The third-order valence-corrected chi connectivity index (χ3v) is 4.02. The average molecular weight is 363 g/mol. The maximum absolute atomic E-state index is 11.5. The predicted octanol–water partition coefficient (Wildman–Crippen LogP) is -1.48. The fraction of sp³-hybridized carbons (Fsp3) is 0.833. The minimum absolute atomic E-state index is 0.509. The standard InChI is InChI=1S/C12H26GeN4O4/c14-7-3-1-5-9(16)11(18)20-13-21-12(19)10(17)6-2-4-8-15/h9-10H,1-8,14-17H2/t9-,10-/m0/s1. The molecular weight excluding hydrogens is 337 g/mol. The van der Waals surface area contributed by atoms with Crippen LogP contribution in [-0.2, 0) is 17.1 Å². The van der Waals surface area contributed by atoms with Gasteiger partial charge in [0.15, 0.2) is 0 Å². The summed E-state index contributed by atoms with van der Waals surface area (Å²) in [4.78, 5) is 23.0. The topological polar surface area (TPSA) is 157 Å². The molecule has 2 radical (unpaired) electrons. The van der Waals surface area contributed by atoms with E-state index in [9.17, 15) is 9.59 Å². The summed E-state index contributed by atoms with van der Waals surface area (Å²) < 4.78 is 9.78. The quantitative estimate of drug-likeness (QED) is 0.242. The molecule has 0 spiro atoms. The van der Waals surface area contributed by atoms with E-state index in [0.29, 0.717) is 25.9 Å². The van der Waals surface area contributed by atoms with E-state index in [1.807, 2.05) is 0 Å². The van der Waals surface area contributed by atoms with Crippen molar-refractivity contribution in [3.05, 3.63) is 0 Å². The van der Waals surface area contributed by atoms with Crippen molar-refractivity contribution >= 4 is 28.0 Å². The van der Waals surface area contributed by atoms with E-state index in [1.165, 1.54) is 0 Å². The van der Waals surface area contributed by atoms with Crippen molar-refractivity contribution in [3.63, 3.8) is 0 Å². The van der Waals surface area contributed by atoms with Gasteiger partial charge in [-0.1, -0.05) is 0 Å². The van der Waals surface area contributed by atoms with Gasteiger partial charge in [-0.25, -0.2) is 0 Å². The molecular formula is C12H26GeN4O4. The molecule has 8 nitrogen and oxygen atoms in total. The van der Waals surface area contributed by atoms with Crippen molar-refractivity contribution in [2.24, 2.45) is 22.9 Å². The monoisotopic (exact) mass is 364 g/mol. The Kier molecular flexibility index (Phi) is 12.6. The Balaban J connectivity index is 3.75. The fourth-order valence-electron chi connectivity index (χ4n) is 1.51. The molecule has 0 aromatic carbocycles. The van der Waals surface area contributed by atoms with Gasteiger partial charge in [0.2, 0.25) is 0 Å². The zero-order valence-electron chi connectivity index (χ0n) is 12.3. The minimum atomic E-state index is -1.61. The molecule has 0 fully saturated rings. The first kappa shape index (κ1) is 20.3. The molecule has 9 heteroatoms. The van der Waals surface area contributed by atoms with E-state index in [2.05, 4.69) is 0 Å². The van der Waals surface area contributed by atoms with Crippen LogP contribution in [0, 0.1) is 0 Å². The Morgan fingerprint density at radius 3 is 1.52 bits per heavy atom. The van der Waals surface area contributed by atoms with Gasteiger partial charge < -0.3 is 0 Å². The molecule has 0 aliphatic carbocycles. The van der Waals surface area contributed by atoms with Gasteiger partial charge in [0.1, 0.15) is 0 Å². The summed E-state index contributed by atoms with van der Waals surface area (Å²) in [6.07, 6.45) is 4.16. The molecule has 0 aliphatic heterocycles. The number of hydrogen-bond donors (Lipinski definition) is 4. The van der Waals surface area contributed by atoms with Crippen LogP contribution in [0.3, 0.4) is 0 Å². The number of carbonyl (C=O) groups is 2. The first-order valence-electron chi connectivity index (χ1n) is 7.10. The molecule has 2 atom stereocenters. The van der Waals surface area contributed by atoms with Gasteiger partial charge in [0.05, 0.1) is 0 Å². The molecule has 0 amide bonds. The molecule has 8 N–H and O–H groups in total. The van der Waals surface area contributed by atoms with Crippen molar-refractivity contribution in [3.8, 4) is 0 Å². The number of unbranched alkanes of at least 4 members (excludes halogenated alkanes) is 2. The van der Waals surface area contributed by atoms with Crippen LogP contribution in [0.15, 0.2) is 0 Å². The van der Waals surface area contributed by atoms with Gasteiger partial charge in [-0.3, -0.25) is 0 Å². The summed E-state index contributed by atoms with van der Waals surface area (Å²) in [6.45, 7) is 1.13. The van der Waals surface area contributed by atoms with Crippen molar-refractivity contribution in [1.29, 1.82) is 0 Å². The van der Waals surface area contributed by atoms with Gasteiger partial charge in [-0.2, -0.15) is 0 Å². The van der Waals surface area contributed by atoms with E-state index < -0.39 is 40.1 Å². The molecule has 0 unspecified atom stereocenters. The third-order valence-electron chi connectivity index (χ3n) is 2.83. The zero-order valence-corrected chi connectivity index (χ0v) is 14.4. The molecule has 0 aromatic heterocycles. The fourth-order valence-corrected chi connectivity index (χ4v) is 2.57. The molecule has 0 heterocycles. The number of hydrogen-bond acceptors (Lipinski definition) is 8. The second kappa shape index (κ2) is 13.0. The average Bonchev–Trinajstić information content (AvgIpc) is 2.47. The molecule has 0 bridgehead atoms. The van der Waals surface area contributed by atoms with E-state index in [-0.39, 0.29) is 0 Å². The normalized spacial score (nSPS) is 13.5. The maximum atomic E-state index is 11.5. The Labute approximate surface area is 132 Å². The third kappa shape index (κ3) is 10.7. The summed E-state index contributed by atoms with van der Waals surface area (Å²) >= 11 is -1.61. The first-order chi connectivity index (χ1) is 10.0. The Bertz CT molecular complexity index is 279. The molecule has 21 heavy (non-hydrogen) atoms. The van der Waals surface area contributed by atoms with Gasteiger partial charge >= 0.3 is 132 Å². The van der Waals surface area contributed by atoms with Crippen LogP contribution in [0.5, 0.6) is 0 Å². The van der Waals surface area contributed by atoms with Crippen molar-refractivity contribution in [1.82, 2.24) is 0 Å². The first-order valence-corrected chi connectivity index (χ1v) is 8.81. The summed E-state index contributed by atoms with van der Waals surface area (Å²) in [6, 6.07) is -1.39. The molecule has 122 valence electrons. The van der Waals surface area contributed by atoms with Crippen molar-refractivity contribution in [2.75, 3.05) is 13.1 Å². The van der Waals surface area contributed by atoms with E-state index in [4.69, 9.17) is 30.5 Å².